The number of fused-ring (bicyclic) bond motifs is 2. The van der Waals surface area contributed by atoms with E-state index in [2.05, 4.69) is 15.9 Å². The highest BCUT2D eigenvalue weighted by atomic mass is 79.9. The summed E-state index contributed by atoms with van der Waals surface area (Å²) in [6, 6.07) is 3.36. The zero-order valence-corrected chi connectivity index (χ0v) is 19.0. The number of amides is 2. The second-order valence-electron chi connectivity index (χ2n) is 8.23. The first kappa shape index (κ1) is 20.2. The molecule has 0 aromatic carbocycles. The normalized spacial score (nSPS) is 20.1. The Morgan fingerprint density at radius 2 is 1.74 bits per heavy atom. The van der Waals surface area contributed by atoms with E-state index >= 15 is 8.63 Å². The molecule has 3 aliphatic rings. The minimum Gasteiger partial charge on any atom is -0.432 e. The van der Waals surface area contributed by atoms with Crippen molar-refractivity contribution in [1.29, 1.82) is 0 Å². The summed E-state index contributed by atoms with van der Waals surface area (Å²) in [4.78, 5) is 25.9. The minimum atomic E-state index is -4.12. The van der Waals surface area contributed by atoms with Crippen LogP contribution in [0.3, 0.4) is 0 Å². The van der Waals surface area contributed by atoms with E-state index in [4.69, 9.17) is 4.42 Å². The van der Waals surface area contributed by atoms with Gasteiger partial charge in [0, 0.05) is 43.2 Å². The van der Waals surface area contributed by atoms with Crippen molar-refractivity contribution in [3.63, 3.8) is 0 Å². The number of anilines is 1. The second kappa shape index (κ2) is 6.38. The largest absolute Gasteiger partial charge is 0.737 e. The molecule has 2 aromatic rings. The molecule has 10 heteroatoms. The number of nitrogens with zero attached hydrogens (tertiary/aromatic N) is 3. The van der Waals surface area contributed by atoms with Gasteiger partial charge in [-0.05, 0) is 54.0 Å². The third-order valence-electron chi connectivity index (χ3n) is 6.14. The van der Waals surface area contributed by atoms with Crippen molar-refractivity contribution in [3.8, 4) is 0 Å². The number of aromatic nitrogens is 1. The predicted octanol–water partition coefficient (Wildman–Crippen LogP) is 4.54. The molecule has 0 radical (unpaired) electrons. The monoisotopic (exact) mass is 489 g/mol. The maximum Gasteiger partial charge on any atom is 0.737 e. The Labute approximate surface area is 185 Å². The number of hydrogen-bond acceptors (Lipinski definition) is 3. The lowest BCUT2D eigenvalue weighted by atomic mass is 9.84. The third kappa shape index (κ3) is 2.57. The number of allylic oxidation sites excluding steroid dienone is 2. The molecule has 160 valence electrons. The van der Waals surface area contributed by atoms with Gasteiger partial charge in [-0.2, -0.15) is 0 Å². The third-order valence-corrected chi connectivity index (χ3v) is 6.53. The van der Waals surface area contributed by atoms with Gasteiger partial charge in [-0.3, -0.25) is 9.59 Å². The fourth-order valence-electron chi connectivity index (χ4n) is 5.05. The van der Waals surface area contributed by atoms with Gasteiger partial charge in [0.1, 0.15) is 5.71 Å². The Morgan fingerprint density at radius 3 is 2.39 bits per heavy atom. The molecule has 0 bridgehead atoms. The van der Waals surface area contributed by atoms with Gasteiger partial charge in [0.2, 0.25) is 17.7 Å². The first-order chi connectivity index (χ1) is 14.5. The van der Waals surface area contributed by atoms with Gasteiger partial charge in [-0.25, -0.2) is 4.90 Å². The van der Waals surface area contributed by atoms with E-state index in [9.17, 15) is 9.59 Å². The van der Waals surface area contributed by atoms with Gasteiger partial charge >= 0.3 is 6.97 Å². The number of carbonyl (C=O) groups is 2. The average molecular weight is 490 g/mol. The van der Waals surface area contributed by atoms with Crippen molar-refractivity contribution < 1.29 is 27.1 Å². The molecule has 1 saturated heterocycles. The lowest BCUT2D eigenvalue weighted by molar-refractivity contribution is -0.363. The summed E-state index contributed by atoms with van der Waals surface area (Å²) in [7, 11) is 0. The van der Waals surface area contributed by atoms with E-state index in [1.165, 1.54) is 0 Å². The van der Waals surface area contributed by atoms with E-state index in [0.29, 0.717) is 49.7 Å². The summed E-state index contributed by atoms with van der Waals surface area (Å²) in [5, 5.41) is 0. The van der Waals surface area contributed by atoms with Crippen molar-refractivity contribution in [2.24, 2.45) is 0 Å². The molecule has 3 aliphatic heterocycles. The van der Waals surface area contributed by atoms with Gasteiger partial charge < -0.3 is 22.0 Å². The molecular formula is C21H19BBrF2N3O3. The smallest absolute Gasteiger partial charge is 0.432 e. The van der Waals surface area contributed by atoms with Crippen molar-refractivity contribution in [2.45, 2.75) is 40.5 Å². The van der Waals surface area contributed by atoms with E-state index in [1.54, 1.807) is 45.9 Å². The Kier molecular flexibility index (Phi) is 4.15. The Morgan fingerprint density at radius 1 is 1.10 bits per heavy atom. The van der Waals surface area contributed by atoms with Gasteiger partial charge in [-0.15, -0.1) is 0 Å². The highest BCUT2D eigenvalue weighted by molar-refractivity contribution is 9.10. The van der Waals surface area contributed by atoms with Crippen molar-refractivity contribution in [3.05, 3.63) is 56.7 Å². The van der Waals surface area contributed by atoms with Crippen LogP contribution in [-0.4, -0.2) is 33.5 Å². The summed E-state index contributed by atoms with van der Waals surface area (Å²) in [5.41, 5.74) is 3.90. The molecule has 0 spiro atoms. The molecular weight excluding hydrogens is 471 g/mol. The molecule has 1 fully saturated rings. The number of halogens is 3. The SMILES string of the molecule is CC1=CC(C)=[N+]2C1=C(c1cc(Br)oc1N1C(=O)CCC1=O)c1c(C)cc(C)n1[B-]2(F)F. The van der Waals surface area contributed by atoms with E-state index in [1.807, 2.05) is 0 Å². The number of hydrogen-bond donors (Lipinski definition) is 0. The fourth-order valence-corrected chi connectivity index (χ4v) is 5.44. The van der Waals surface area contributed by atoms with Crippen LogP contribution in [0.5, 0.6) is 0 Å². The average Bonchev–Trinajstić information content (AvgIpc) is 3.36. The number of rotatable bonds is 2. The van der Waals surface area contributed by atoms with Crippen LogP contribution in [0.25, 0.3) is 5.57 Å². The van der Waals surface area contributed by atoms with Gasteiger partial charge in [0.05, 0.1) is 11.1 Å². The Balaban J connectivity index is 1.90. The molecule has 0 aliphatic carbocycles. The maximum atomic E-state index is 15.8. The van der Waals surface area contributed by atoms with Gasteiger partial charge in [0.25, 0.3) is 0 Å². The predicted molar refractivity (Wildman–Crippen MR) is 116 cm³/mol. The summed E-state index contributed by atoms with van der Waals surface area (Å²) < 4.78 is 39.8. The number of furan rings is 1. The van der Waals surface area contributed by atoms with Crippen LogP contribution < -0.4 is 4.90 Å². The van der Waals surface area contributed by atoms with Crippen molar-refractivity contribution in [2.75, 3.05) is 4.90 Å². The molecule has 6 nitrogen and oxygen atoms in total. The molecule has 0 saturated carbocycles. The van der Waals surface area contributed by atoms with Crippen LogP contribution in [0.2, 0.25) is 0 Å². The van der Waals surface area contributed by atoms with Crippen molar-refractivity contribution >= 4 is 51.9 Å². The van der Waals surface area contributed by atoms with Crippen LogP contribution in [0, 0.1) is 13.8 Å². The zero-order valence-electron chi connectivity index (χ0n) is 17.4. The van der Waals surface area contributed by atoms with E-state index in [-0.39, 0.29) is 30.5 Å². The molecule has 5 rings (SSSR count). The molecule has 2 amide bonds. The topological polar surface area (TPSA) is 58.5 Å². The number of imide groups is 1. The molecule has 0 N–H and O–H groups in total. The zero-order chi connectivity index (χ0) is 22.4. The first-order valence-electron chi connectivity index (χ1n) is 9.96. The molecule has 2 aromatic heterocycles. The summed E-state index contributed by atoms with van der Waals surface area (Å²) in [6.45, 7) is 2.76. The molecule has 0 atom stereocenters. The van der Waals surface area contributed by atoms with Crippen LogP contribution >= 0.6 is 15.9 Å². The quantitative estimate of drug-likeness (QED) is 0.459. The van der Waals surface area contributed by atoms with Crippen LogP contribution in [0.4, 0.5) is 14.5 Å². The number of aryl methyl sites for hydroxylation is 2. The maximum absolute atomic E-state index is 15.8. The number of carbonyl (C=O) groups excluding carboxylic acids is 2. The second-order valence-corrected chi connectivity index (χ2v) is 9.01. The van der Waals surface area contributed by atoms with Crippen LogP contribution in [-0.2, 0) is 9.59 Å². The Bertz CT molecular complexity index is 1300. The first-order valence-corrected chi connectivity index (χ1v) is 10.8. The summed E-state index contributed by atoms with van der Waals surface area (Å²) in [5.74, 6) is -0.682. The summed E-state index contributed by atoms with van der Waals surface area (Å²) >= 11 is 3.30. The highest BCUT2D eigenvalue weighted by Gasteiger charge is 2.55. The summed E-state index contributed by atoms with van der Waals surface area (Å²) in [6.07, 6.45) is 1.91. The molecule has 31 heavy (non-hydrogen) atoms. The van der Waals surface area contributed by atoms with Crippen LogP contribution in [0.15, 0.2) is 38.6 Å². The molecule has 5 heterocycles. The highest BCUT2D eigenvalue weighted by Crippen LogP contribution is 2.48. The van der Waals surface area contributed by atoms with Crippen molar-refractivity contribution in [1.82, 2.24) is 4.48 Å². The van der Waals surface area contributed by atoms with E-state index < -0.39 is 6.97 Å². The molecule has 0 unspecified atom stereocenters. The van der Waals surface area contributed by atoms with Crippen LogP contribution in [0.1, 0.15) is 49.2 Å². The Hall–Kier alpha value is -2.75. The van der Waals surface area contributed by atoms with Gasteiger partial charge in [0.15, 0.2) is 10.4 Å². The standard InChI is InChI=1S/C21H19BBrF2N3O3/c1-10-7-12(3)27-19(10)18(20-11(2)8-13(4)28(20)22(27,24)25)14-9-15(23)31-21(14)26-16(29)5-6-17(26)30/h7-9H,5-6H2,1-4H3. The lowest BCUT2D eigenvalue weighted by Gasteiger charge is -2.34. The van der Waals surface area contributed by atoms with E-state index in [0.717, 1.165) is 13.9 Å². The fraction of sp³-hybridized carbons (Fsp3) is 0.286. The van der Waals surface area contributed by atoms with Gasteiger partial charge in [-0.1, -0.05) is 0 Å². The lowest BCUT2D eigenvalue weighted by Crippen LogP contribution is -2.51. The minimum absolute atomic E-state index is 0.0571.